The Morgan fingerprint density at radius 3 is 2.11 bits per heavy atom. The Morgan fingerprint density at radius 1 is 0.957 bits per heavy atom. The second kappa shape index (κ2) is 15.8. The van der Waals surface area contributed by atoms with E-state index in [1.807, 2.05) is 0 Å². The number of amides is 1. The normalized spacial score (nSPS) is 31.9. The summed E-state index contributed by atoms with van der Waals surface area (Å²) in [5.74, 6) is -0.686. The first-order valence-electron chi connectivity index (χ1n) is 12.7. The number of aliphatic hydroxyl groups is 4. The molecule has 25 heteroatoms. The van der Waals surface area contributed by atoms with Gasteiger partial charge in [-0.05, 0) is 6.42 Å². The van der Waals surface area contributed by atoms with Gasteiger partial charge in [-0.15, -0.1) is 0 Å². The summed E-state index contributed by atoms with van der Waals surface area (Å²) in [5, 5.41) is 41.5. The summed E-state index contributed by atoms with van der Waals surface area (Å²) in [6.45, 7) is -1.97. The average molecular weight is 709 g/mol. The molecule has 10 atom stereocenters. The first-order chi connectivity index (χ1) is 20.7. The standard InChI is InChI=1S/C21H29N7O14P2.2Na/c22-17-12-19(25-7-24-17)28(8-26-12)21-16(32)14(30)11(41-21)6-39-44(36,37)42-43(34,35)38-5-10-13(29)15(31)20(40-10)27-3-1-2-9(4-27)18(23)33;;/h1,3-4,7-8,10-11,13-16,20-21,29-32H,2,5-6H2,(H2,23,33)(H,34,35)(H,36,37)(H2,22,24,25);;/q;2*+1/p-2/t10-,11+,13-,14+,15-,16+,20-,21+;;/m0../s1. The Labute approximate surface area is 303 Å². The summed E-state index contributed by atoms with van der Waals surface area (Å²) in [7, 11) is -11.4. The molecule has 46 heavy (non-hydrogen) atoms. The van der Waals surface area contributed by atoms with E-state index in [1.165, 1.54) is 28.2 Å². The zero-order valence-electron chi connectivity index (χ0n) is 24.3. The van der Waals surface area contributed by atoms with E-state index < -0.39 is 83.8 Å². The maximum Gasteiger partial charge on any atom is 1.00 e. The molecule has 5 rings (SSSR count). The number of aliphatic hydroxyl groups excluding tert-OH is 4. The first kappa shape index (κ1) is 39.6. The largest absolute Gasteiger partial charge is 1.00 e. The number of anilines is 1. The van der Waals surface area contributed by atoms with Gasteiger partial charge in [0.1, 0.15) is 48.5 Å². The van der Waals surface area contributed by atoms with Crippen LogP contribution in [-0.2, 0) is 36.8 Å². The van der Waals surface area contributed by atoms with Crippen molar-refractivity contribution in [2.45, 2.75) is 55.5 Å². The predicted octanol–water partition coefficient (Wildman–Crippen LogP) is -9.94. The van der Waals surface area contributed by atoms with Gasteiger partial charge in [0.2, 0.25) is 5.91 Å². The number of fused-ring (bicyclic) bond motifs is 1. The molecule has 242 valence electrons. The van der Waals surface area contributed by atoms with Gasteiger partial charge in [-0.2, -0.15) is 0 Å². The summed E-state index contributed by atoms with van der Waals surface area (Å²) in [6, 6.07) is 0. The van der Waals surface area contributed by atoms with Crippen LogP contribution >= 0.6 is 15.6 Å². The molecule has 5 heterocycles. The SMILES string of the molecule is NC(=O)C1=CN([C@H]2O[C@@H](COP(=O)([O-])OP(=O)([O-])OC[C@H]3O[C@@H](n4cnc5c(N)ncnc54)[C@H](O)[C@@H]3O)[C@H](O)[C@@H]2O)C=CC1.[Na+].[Na+]. The van der Waals surface area contributed by atoms with Crippen LogP contribution in [0.1, 0.15) is 12.6 Å². The van der Waals surface area contributed by atoms with E-state index in [2.05, 4.69) is 28.3 Å². The molecule has 0 radical (unpaired) electrons. The summed E-state index contributed by atoms with van der Waals surface area (Å²) >= 11 is 0. The Kier molecular flexibility index (Phi) is 13.6. The number of aromatic nitrogens is 4. The summed E-state index contributed by atoms with van der Waals surface area (Å²) in [5.41, 5.74) is 11.5. The summed E-state index contributed by atoms with van der Waals surface area (Å²) in [6.07, 6.45) is -5.32. The maximum atomic E-state index is 12.3. The fourth-order valence-corrected chi connectivity index (χ4v) is 6.68. The van der Waals surface area contributed by atoms with Crippen LogP contribution in [0.25, 0.3) is 11.2 Å². The molecule has 0 saturated carbocycles. The van der Waals surface area contributed by atoms with E-state index in [-0.39, 0.29) is 88.1 Å². The quantitative estimate of drug-likeness (QED) is 0.0931. The first-order valence-corrected chi connectivity index (χ1v) is 15.6. The molecule has 2 saturated heterocycles. The van der Waals surface area contributed by atoms with Crippen molar-refractivity contribution >= 4 is 38.5 Å². The van der Waals surface area contributed by atoms with Crippen LogP contribution in [0.2, 0.25) is 0 Å². The van der Waals surface area contributed by atoms with Gasteiger partial charge in [-0.1, -0.05) is 6.08 Å². The third-order valence-electron chi connectivity index (χ3n) is 6.86. The van der Waals surface area contributed by atoms with Gasteiger partial charge >= 0.3 is 59.1 Å². The summed E-state index contributed by atoms with van der Waals surface area (Å²) < 4.78 is 49.9. The van der Waals surface area contributed by atoms with Gasteiger partial charge in [0.15, 0.2) is 23.9 Å². The van der Waals surface area contributed by atoms with E-state index in [9.17, 15) is 44.1 Å². The monoisotopic (exact) mass is 709 g/mol. The van der Waals surface area contributed by atoms with Crippen molar-refractivity contribution in [3.8, 4) is 0 Å². The van der Waals surface area contributed by atoms with E-state index in [0.717, 1.165) is 6.33 Å². The molecule has 21 nitrogen and oxygen atoms in total. The maximum absolute atomic E-state index is 12.3. The van der Waals surface area contributed by atoms with Crippen LogP contribution in [0.15, 0.2) is 36.7 Å². The number of hydrogen-bond acceptors (Lipinski definition) is 19. The van der Waals surface area contributed by atoms with Gasteiger partial charge in [0, 0.05) is 18.0 Å². The van der Waals surface area contributed by atoms with Gasteiger partial charge in [-0.25, -0.2) is 19.3 Å². The van der Waals surface area contributed by atoms with Crippen LogP contribution < -0.4 is 80.4 Å². The molecule has 0 aromatic carbocycles. The molecule has 3 aliphatic rings. The van der Waals surface area contributed by atoms with Crippen LogP contribution in [0, 0.1) is 0 Å². The van der Waals surface area contributed by atoms with Crippen molar-refractivity contribution in [2.75, 3.05) is 18.9 Å². The molecule has 2 aromatic rings. The van der Waals surface area contributed by atoms with E-state index in [0.29, 0.717) is 0 Å². The van der Waals surface area contributed by atoms with Crippen LogP contribution in [0.5, 0.6) is 0 Å². The number of ether oxygens (including phenoxy) is 2. The fraction of sp³-hybridized carbons (Fsp3) is 0.524. The number of hydrogen-bond donors (Lipinski definition) is 6. The smallest absolute Gasteiger partial charge is 0.756 e. The van der Waals surface area contributed by atoms with Crippen molar-refractivity contribution in [3.63, 3.8) is 0 Å². The molecule has 2 aromatic heterocycles. The van der Waals surface area contributed by atoms with E-state index >= 15 is 0 Å². The number of carbonyl (C=O) groups is 1. The van der Waals surface area contributed by atoms with E-state index in [4.69, 9.17) is 20.9 Å². The zero-order valence-corrected chi connectivity index (χ0v) is 30.1. The number of phosphoric ester groups is 2. The minimum Gasteiger partial charge on any atom is -0.756 e. The molecular weight excluding hydrogens is 682 g/mol. The second-order valence-electron chi connectivity index (χ2n) is 9.80. The number of nitrogens with two attached hydrogens (primary N) is 2. The topological polar surface area (TPSA) is 323 Å². The molecule has 8 N–H and O–H groups in total. The van der Waals surface area contributed by atoms with Crippen molar-refractivity contribution in [3.05, 3.63) is 36.7 Å². The number of primary amides is 1. The third-order valence-corrected chi connectivity index (χ3v) is 9.39. The zero-order chi connectivity index (χ0) is 32.0. The van der Waals surface area contributed by atoms with Crippen molar-refractivity contribution in [2.24, 2.45) is 5.73 Å². The number of nitrogens with zero attached hydrogens (tertiary/aromatic N) is 5. The number of nitrogen functional groups attached to an aromatic ring is 1. The Morgan fingerprint density at radius 2 is 1.52 bits per heavy atom. The summed E-state index contributed by atoms with van der Waals surface area (Å²) in [4.78, 5) is 49.0. The van der Waals surface area contributed by atoms with Crippen LogP contribution in [0.3, 0.4) is 0 Å². The minimum absolute atomic E-state index is 0. The molecule has 0 spiro atoms. The molecular formula is C21H27N7Na2O14P2. The van der Waals surface area contributed by atoms with Crippen LogP contribution in [-0.4, -0.2) is 107 Å². The van der Waals surface area contributed by atoms with Crippen LogP contribution in [0.4, 0.5) is 5.82 Å². The van der Waals surface area contributed by atoms with E-state index in [1.54, 1.807) is 6.08 Å². The molecule has 2 fully saturated rings. The number of allylic oxidation sites excluding steroid dienone is 1. The Hall–Kier alpha value is -0.880. The predicted molar refractivity (Wildman–Crippen MR) is 137 cm³/mol. The van der Waals surface area contributed by atoms with Gasteiger partial charge in [-0.3, -0.25) is 18.5 Å². The molecule has 1 amide bonds. The Balaban J connectivity index is 0.00000288. The van der Waals surface area contributed by atoms with Gasteiger partial charge < -0.3 is 65.1 Å². The van der Waals surface area contributed by atoms with Crippen molar-refractivity contribution in [1.29, 1.82) is 0 Å². The number of phosphoric acid groups is 2. The fourth-order valence-electron chi connectivity index (χ4n) is 4.66. The third kappa shape index (κ3) is 8.64. The molecule has 2 unspecified atom stereocenters. The molecule has 0 bridgehead atoms. The van der Waals surface area contributed by atoms with Crippen molar-refractivity contribution in [1.82, 2.24) is 24.4 Å². The molecule has 3 aliphatic heterocycles. The average Bonchev–Trinajstić information content (AvgIpc) is 3.61. The molecule has 0 aliphatic carbocycles. The van der Waals surface area contributed by atoms with Gasteiger partial charge in [0.05, 0.1) is 19.5 Å². The van der Waals surface area contributed by atoms with Crippen molar-refractivity contribution < 1.29 is 126 Å². The van der Waals surface area contributed by atoms with Gasteiger partial charge in [0.25, 0.3) is 15.6 Å². The number of rotatable bonds is 11. The number of carbonyl (C=O) groups excluding carboxylic acids is 1. The minimum atomic E-state index is -5.68. The number of imidazole rings is 1. The Bertz CT molecular complexity index is 1570. The second-order valence-corrected chi connectivity index (χ2v) is 12.8.